The zero-order valence-corrected chi connectivity index (χ0v) is 14.8. The number of aromatic amines is 1. The largest absolute Gasteiger partial charge is 0.336 e. The smallest absolute Gasteiger partial charge is 0.328 e. The Balaban J connectivity index is 1.61. The number of aryl methyl sites for hydroxylation is 1. The summed E-state index contributed by atoms with van der Waals surface area (Å²) in [6.45, 7) is 2.14. The quantitative estimate of drug-likeness (QED) is 0.625. The molecule has 0 unspecified atom stereocenters. The minimum atomic E-state index is -3.94. The zero-order valence-electron chi connectivity index (χ0n) is 14.0. The Morgan fingerprint density at radius 3 is 2.54 bits per heavy atom. The van der Waals surface area contributed by atoms with Gasteiger partial charge in [-0.3, -0.25) is 4.57 Å². The SMILES string of the molecule is Cc1ccc(S(=O)(=O)NC(=O)NCCn2c(=O)[nH]c3ccccc32)cc1. The highest BCUT2D eigenvalue weighted by Gasteiger charge is 2.17. The summed E-state index contributed by atoms with van der Waals surface area (Å²) in [5.41, 5.74) is 2.04. The van der Waals surface area contributed by atoms with Crippen LogP contribution in [0.2, 0.25) is 0 Å². The molecule has 0 spiro atoms. The molecule has 0 aliphatic rings. The van der Waals surface area contributed by atoms with Crippen LogP contribution in [0.3, 0.4) is 0 Å². The topological polar surface area (TPSA) is 113 Å². The maximum Gasteiger partial charge on any atom is 0.328 e. The molecule has 0 fully saturated rings. The molecule has 2 amide bonds. The van der Waals surface area contributed by atoms with E-state index in [4.69, 9.17) is 0 Å². The molecule has 0 saturated carbocycles. The number of fused-ring (bicyclic) bond motifs is 1. The summed E-state index contributed by atoms with van der Waals surface area (Å²) in [6, 6.07) is 12.5. The molecule has 0 aliphatic carbocycles. The molecular weight excluding hydrogens is 356 g/mol. The molecule has 1 aromatic heterocycles. The third-order valence-electron chi connectivity index (χ3n) is 3.86. The first kappa shape index (κ1) is 17.7. The third-order valence-corrected chi connectivity index (χ3v) is 5.21. The summed E-state index contributed by atoms with van der Waals surface area (Å²) < 4.78 is 27.7. The normalized spacial score (nSPS) is 11.4. The number of nitrogens with zero attached hydrogens (tertiary/aromatic N) is 1. The Morgan fingerprint density at radius 1 is 1.12 bits per heavy atom. The van der Waals surface area contributed by atoms with Crippen LogP contribution in [0, 0.1) is 6.92 Å². The van der Waals surface area contributed by atoms with Gasteiger partial charge in [0, 0.05) is 13.1 Å². The van der Waals surface area contributed by atoms with Crippen LogP contribution in [0.25, 0.3) is 11.0 Å². The first-order valence-electron chi connectivity index (χ1n) is 7.92. The van der Waals surface area contributed by atoms with Crippen molar-refractivity contribution in [3.05, 3.63) is 64.6 Å². The van der Waals surface area contributed by atoms with Gasteiger partial charge in [-0.2, -0.15) is 0 Å². The minimum Gasteiger partial charge on any atom is -0.336 e. The average molecular weight is 374 g/mol. The van der Waals surface area contributed by atoms with E-state index < -0.39 is 16.1 Å². The molecule has 3 rings (SSSR count). The van der Waals surface area contributed by atoms with Crippen molar-refractivity contribution in [1.29, 1.82) is 0 Å². The fourth-order valence-corrected chi connectivity index (χ4v) is 3.47. The Hall–Kier alpha value is -3.07. The van der Waals surface area contributed by atoms with Gasteiger partial charge in [0.05, 0.1) is 15.9 Å². The number of imidazole rings is 1. The molecule has 3 N–H and O–H groups in total. The molecule has 0 saturated heterocycles. The number of hydrogen-bond acceptors (Lipinski definition) is 4. The molecule has 3 aromatic rings. The highest BCUT2D eigenvalue weighted by Crippen LogP contribution is 2.10. The number of benzene rings is 2. The maximum atomic E-state index is 12.1. The van der Waals surface area contributed by atoms with E-state index in [0.717, 1.165) is 5.56 Å². The van der Waals surface area contributed by atoms with Crippen LogP contribution in [-0.2, 0) is 16.6 Å². The number of amides is 2. The summed E-state index contributed by atoms with van der Waals surface area (Å²) in [6.07, 6.45) is 0. The zero-order chi connectivity index (χ0) is 18.7. The average Bonchev–Trinajstić information content (AvgIpc) is 2.90. The van der Waals surface area contributed by atoms with Gasteiger partial charge < -0.3 is 10.3 Å². The highest BCUT2D eigenvalue weighted by molar-refractivity contribution is 7.90. The fraction of sp³-hybridized carbons (Fsp3) is 0.176. The van der Waals surface area contributed by atoms with Crippen molar-refractivity contribution in [2.75, 3.05) is 6.54 Å². The van der Waals surface area contributed by atoms with E-state index in [1.807, 2.05) is 17.7 Å². The van der Waals surface area contributed by atoms with Crippen molar-refractivity contribution in [2.24, 2.45) is 0 Å². The number of carbonyl (C=O) groups is 1. The van der Waals surface area contributed by atoms with Gasteiger partial charge >= 0.3 is 11.7 Å². The number of carbonyl (C=O) groups excluding carboxylic acids is 1. The van der Waals surface area contributed by atoms with Crippen molar-refractivity contribution >= 4 is 27.1 Å². The predicted molar refractivity (Wildman–Crippen MR) is 97.5 cm³/mol. The van der Waals surface area contributed by atoms with E-state index >= 15 is 0 Å². The van der Waals surface area contributed by atoms with Gasteiger partial charge in [0.2, 0.25) is 0 Å². The molecule has 9 heteroatoms. The van der Waals surface area contributed by atoms with Crippen LogP contribution in [0.5, 0.6) is 0 Å². The van der Waals surface area contributed by atoms with Crippen LogP contribution in [0.1, 0.15) is 5.56 Å². The summed E-state index contributed by atoms with van der Waals surface area (Å²) in [5.74, 6) is 0. The van der Waals surface area contributed by atoms with Gasteiger partial charge in [0.15, 0.2) is 0 Å². The second kappa shape index (κ2) is 7.04. The second-order valence-corrected chi connectivity index (χ2v) is 7.46. The van der Waals surface area contributed by atoms with Crippen molar-refractivity contribution in [1.82, 2.24) is 19.6 Å². The standard InChI is InChI=1S/C17H18N4O4S/c1-12-6-8-13(9-7-12)26(24,25)20-16(22)18-10-11-21-15-5-3-2-4-14(15)19-17(21)23/h2-9H,10-11H2,1H3,(H,19,23)(H2,18,20,22). The molecule has 0 aliphatic heterocycles. The molecule has 0 atom stereocenters. The van der Waals surface area contributed by atoms with E-state index in [0.29, 0.717) is 11.0 Å². The summed E-state index contributed by atoms with van der Waals surface area (Å²) in [4.78, 5) is 26.5. The lowest BCUT2D eigenvalue weighted by molar-refractivity contribution is 0.245. The molecular formula is C17H18N4O4S. The molecule has 26 heavy (non-hydrogen) atoms. The first-order valence-corrected chi connectivity index (χ1v) is 9.40. The van der Waals surface area contributed by atoms with Gasteiger partial charge in [-0.25, -0.2) is 22.7 Å². The van der Waals surface area contributed by atoms with E-state index in [9.17, 15) is 18.0 Å². The molecule has 1 heterocycles. The molecule has 8 nitrogen and oxygen atoms in total. The number of nitrogens with one attached hydrogen (secondary N) is 3. The van der Waals surface area contributed by atoms with Crippen molar-refractivity contribution in [3.63, 3.8) is 0 Å². The number of H-pyrrole nitrogens is 1. The maximum absolute atomic E-state index is 12.1. The van der Waals surface area contributed by atoms with E-state index in [-0.39, 0.29) is 23.7 Å². The Labute approximate surface area is 149 Å². The van der Waals surface area contributed by atoms with E-state index in [1.165, 1.54) is 16.7 Å². The lowest BCUT2D eigenvalue weighted by Crippen LogP contribution is -2.41. The Bertz CT molecular complexity index is 1100. The number of hydrogen-bond donors (Lipinski definition) is 3. The highest BCUT2D eigenvalue weighted by atomic mass is 32.2. The summed E-state index contributed by atoms with van der Waals surface area (Å²) in [5, 5.41) is 2.45. The predicted octanol–water partition coefficient (Wildman–Crippen LogP) is 1.33. The van der Waals surface area contributed by atoms with E-state index in [1.54, 1.807) is 30.3 Å². The van der Waals surface area contributed by atoms with Gasteiger partial charge in [-0.05, 0) is 31.2 Å². The number of rotatable bonds is 5. The van der Waals surface area contributed by atoms with Crippen LogP contribution < -0.4 is 15.7 Å². The van der Waals surface area contributed by atoms with E-state index in [2.05, 4.69) is 10.3 Å². The molecule has 0 bridgehead atoms. The number of aromatic nitrogens is 2. The summed E-state index contributed by atoms with van der Waals surface area (Å²) >= 11 is 0. The van der Waals surface area contributed by atoms with Crippen molar-refractivity contribution in [2.45, 2.75) is 18.4 Å². The second-order valence-electron chi connectivity index (χ2n) is 5.77. The van der Waals surface area contributed by atoms with Gasteiger partial charge in [0.25, 0.3) is 10.0 Å². The number of para-hydroxylation sites is 2. The van der Waals surface area contributed by atoms with Crippen LogP contribution in [-0.4, -0.2) is 30.5 Å². The first-order chi connectivity index (χ1) is 12.4. The van der Waals surface area contributed by atoms with Gasteiger partial charge in [0.1, 0.15) is 0 Å². The van der Waals surface area contributed by atoms with Crippen molar-refractivity contribution < 1.29 is 13.2 Å². The van der Waals surface area contributed by atoms with Crippen LogP contribution >= 0.6 is 0 Å². The lowest BCUT2D eigenvalue weighted by Gasteiger charge is -2.09. The Morgan fingerprint density at radius 2 is 1.81 bits per heavy atom. The lowest BCUT2D eigenvalue weighted by atomic mass is 10.2. The molecule has 2 aromatic carbocycles. The summed E-state index contributed by atoms with van der Waals surface area (Å²) in [7, 11) is -3.94. The minimum absolute atomic E-state index is 0.00565. The monoisotopic (exact) mass is 374 g/mol. The molecule has 0 radical (unpaired) electrons. The van der Waals surface area contributed by atoms with Crippen molar-refractivity contribution in [3.8, 4) is 0 Å². The van der Waals surface area contributed by atoms with Gasteiger partial charge in [-0.1, -0.05) is 29.8 Å². The van der Waals surface area contributed by atoms with Crippen LogP contribution in [0.15, 0.2) is 58.2 Å². The Kier molecular flexibility index (Phi) is 4.81. The number of urea groups is 1. The number of sulfonamides is 1. The van der Waals surface area contributed by atoms with Gasteiger partial charge in [-0.15, -0.1) is 0 Å². The fourth-order valence-electron chi connectivity index (χ4n) is 2.54. The van der Waals surface area contributed by atoms with Crippen LogP contribution in [0.4, 0.5) is 4.79 Å². The molecule has 136 valence electrons. The third kappa shape index (κ3) is 3.77.